The second-order valence-electron chi connectivity index (χ2n) is 2.66. The fourth-order valence-corrected chi connectivity index (χ4v) is 1.01. The molecule has 76 valence electrons. The van der Waals surface area contributed by atoms with Crippen LogP contribution in [0.1, 0.15) is 12.8 Å². The van der Waals surface area contributed by atoms with Gasteiger partial charge in [0.15, 0.2) is 0 Å². The van der Waals surface area contributed by atoms with E-state index in [-0.39, 0.29) is 6.42 Å². The lowest BCUT2D eigenvalue weighted by molar-refractivity contribution is -0.137. The molecule has 0 aliphatic carbocycles. The molecule has 0 radical (unpaired) electrons. The molecule has 14 heavy (non-hydrogen) atoms. The zero-order chi connectivity index (χ0) is 10.4. The topological polar surface area (TPSA) is 59.4 Å². The van der Waals surface area contributed by atoms with Gasteiger partial charge in [0, 0.05) is 23.7 Å². The third-order valence-electron chi connectivity index (χ3n) is 1.48. The van der Waals surface area contributed by atoms with E-state index in [0.717, 1.165) is 0 Å². The van der Waals surface area contributed by atoms with Crippen molar-refractivity contribution in [2.75, 3.05) is 6.61 Å². The van der Waals surface area contributed by atoms with Gasteiger partial charge in [-0.3, -0.25) is 4.79 Å². The fraction of sp³-hybridized carbons (Fsp3) is 0.333. The summed E-state index contributed by atoms with van der Waals surface area (Å²) in [6, 6.07) is 3.23. The van der Waals surface area contributed by atoms with Crippen LogP contribution in [0.2, 0.25) is 5.02 Å². The van der Waals surface area contributed by atoms with Gasteiger partial charge in [0.1, 0.15) is 0 Å². The minimum absolute atomic E-state index is 0.0978. The van der Waals surface area contributed by atoms with Gasteiger partial charge in [-0.2, -0.15) is 0 Å². The largest absolute Gasteiger partial charge is 0.481 e. The van der Waals surface area contributed by atoms with Crippen molar-refractivity contribution in [3.63, 3.8) is 0 Å². The molecule has 0 atom stereocenters. The number of aliphatic carboxylic acids is 1. The van der Waals surface area contributed by atoms with Crippen LogP contribution in [-0.2, 0) is 4.79 Å². The lowest BCUT2D eigenvalue weighted by Gasteiger charge is -2.03. The molecular formula is C9H10ClNO3. The molecule has 0 spiro atoms. The van der Waals surface area contributed by atoms with Gasteiger partial charge in [0.2, 0.25) is 5.88 Å². The van der Waals surface area contributed by atoms with Crippen molar-refractivity contribution in [3.05, 3.63) is 23.4 Å². The lowest BCUT2D eigenvalue weighted by atomic mass is 10.3. The SMILES string of the molecule is O=C(O)CCCOc1cc(Cl)ccn1. The van der Waals surface area contributed by atoms with Gasteiger partial charge in [-0.15, -0.1) is 0 Å². The number of ether oxygens (including phenoxy) is 1. The molecule has 1 aromatic rings. The van der Waals surface area contributed by atoms with Gasteiger partial charge in [-0.1, -0.05) is 11.6 Å². The quantitative estimate of drug-likeness (QED) is 0.763. The van der Waals surface area contributed by atoms with Crippen LogP contribution in [0.15, 0.2) is 18.3 Å². The summed E-state index contributed by atoms with van der Waals surface area (Å²) in [5.41, 5.74) is 0. The van der Waals surface area contributed by atoms with Crippen molar-refractivity contribution in [1.82, 2.24) is 4.98 Å². The Balaban J connectivity index is 2.28. The molecule has 0 bridgehead atoms. The molecule has 1 heterocycles. The van der Waals surface area contributed by atoms with Crippen LogP contribution >= 0.6 is 11.6 Å². The molecular weight excluding hydrogens is 206 g/mol. The second kappa shape index (κ2) is 5.44. The van der Waals surface area contributed by atoms with E-state index in [4.69, 9.17) is 21.4 Å². The summed E-state index contributed by atoms with van der Waals surface area (Å²) in [7, 11) is 0. The summed E-state index contributed by atoms with van der Waals surface area (Å²) in [6.45, 7) is 0.333. The Hall–Kier alpha value is -1.29. The van der Waals surface area contributed by atoms with E-state index in [0.29, 0.717) is 23.9 Å². The highest BCUT2D eigenvalue weighted by Crippen LogP contribution is 2.13. The summed E-state index contributed by atoms with van der Waals surface area (Å²) in [4.78, 5) is 14.1. The Morgan fingerprint density at radius 2 is 2.43 bits per heavy atom. The third kappa shape index (κ3) is 4.09. The maximum Gasteiger partial charge on any atom is 0.303 e. The number of carboxylic acids is 1. The van der Waals surface area contributed by atoms with Crippen molar-refractivity contribution in [2.24, 2.45) is 0 Å². The minimum atomic E-state index is -0.826. The van der Waals surface area contributed by atoms with Crippen molar-refractivity contribution >= 4 is 17.6 Å². The van der Waals surface area contributed by atoms with Crippen LogP contribution in [0.4, 0.5) is 0 Å². The molecule has 0 fully saturated rings. The Morgan fingerprint density at radius 3 is 3.07 bits per heavy atom. The number of nitrogens with zero attached hydrogens (tertiary/aromatic N) is 1. The van der Waals surface area contributed by atoms with Gasteiger partial charge in [0.05, 0.1) is 6.61 Å². The van der Waals surface area contributed by atoms with Gasteiger partial charge in [-0.25, -0.2) is 4.98 Å². The number of pyridine rings is 1. The number of aromatic nitrogens is 1. The Labute approximate surface area is 86.5 Å². The second-order valence-corrected chi connectivity index (χ2v) is 3.09. The molecule has 1 N–H and O–H groups in total. The molecule has 0 amide bonds. The highest BCUT2D eigenvalue weighted by atomic mass is 35.5. The van der Waals surface area contributed by atoms with Gasteiger partial charge >= 0.3 is 5.97 Å². The molecule has 0 unspecified atom stereocenters. The summed E-state index contributed by atoms with van der Waals surface area (Å²) in [5.74, 6) is -0.407. The van der Waals surface area contributed by atoms with Crippen LogP contribution < -0.4 is 4.74 Å². The normalized spacial score (nSPS) is 9.79. The van der Waals surface area contributed by atoms with Crippen LogP contribution in [-0.4, -0.2) is 22.7 Å². The third-order valence-corrected chi connectivity index (χ3v) is 1.72. The number of halogens is 1. The first kappa shape index (κ1) is 10.8. The Bertz CT molecular complexity index is 317. The molecule has 4 nitrogen and oxygen atoms in total. The van der Waals surface area contributed by atoms with E-state index in [1.165, 1.54) is 6.20 Å². The van der Waals surface area contributed by atoms with Crippen molar-refractivity contribution in [2.45, 2.75) is 12.8 Å². The van der Waals surface area contributed by atoms with Crippen LogP contribution in [0.3, 0.4) is 0 Å². The van der Waals surface area contributed by atoms with Gasteiger partial charge in [0.25, 0.3) is 0 Å². The van der Waals surface area contributed by atoms with Crippen molar-refractivity contribution in [3.8, 4) is 5.88 Å². The zero-order valence-corrected chi connectivity index (χ0v) is 8.20. The predicted molar refractivity (Wildman–Crippen MR) is 51.6 cm³/mol. The van der Waals surface area contributed by atoms with Crippen LogP contribution in [0.5, 0.6) is 5.88 Å². The molecule has 0 saturated heterocycles. The highest BCUT2D eigenvalue weighted by molar-refractivity contribution is 6.30. The fourth-order valence-electron chi connectivity index (χ4n) is 0.864. The number of rotatable bonds is 5. The van der Waals surface area contributed by atoms with E-state index >= 15 is 0 Å². The van der Waals surface area contributed by atoms with E-state index < -0.39 is 5.97 Å². The molecule has 0 aromatic carbocycles. The van der Waals surface area contributed by atoms with Crippen LogP contribution in [0, 0.1) is 0 Å². The smallest absolute Gasteiger partial charge is 0.303 e. The average Bonchev–Trinajstić information content (AvgIpc) is 2.12. The molecule has 1 rings (SSSR count). The minimum Gasteiger partial charge on any atom is -0.481 e. The van der Waals surface area contributed by atoms with Crippen molar-refractivity contribution < 1.29 is 14.6 Å². The molecule has 5 heteroatoms. The monoisotopic (exact) mass is 215 g/mol. The first-order chi connectivity index (χ1) is 6.68. The Morgan fingerprint density at radius 1 is 1.64 bits per heavy atom. The van der Waals surface area contributed by atoms with Crippen LogP contribution in [0.25, 0.3) is 0 Å². The van der Waals surface area contributed by atoms with Gasteiger partial charge < -0.3 is 9.84 Å². The predicted octanol–water partition coefficient (Wildman–Crippen LogP) is 1.98. The Kier molecular flexibility index (Phi) is 4.19. The number of carboxylic acid groups (broad SMARTS) is 1. The molecule has 1 aromatic heterocycles. The van der Waals surface area contributed by atoms with Gasteiger partial charge in [-0.05, 0) is 12.5 Å². The van der Waals surface area contributed by atoms with E-state index in [1.807, 2.05) is 0 Å². The number of hydrogen-bond donors (Lipinski definition) is 1. The van der Waals surface area contributed by atoms with Crippen molar-refractivity contribution in [1.29, 1.82) is 0 Å². The average molecular weight is 216 g/mol. The standard InChI is InChI=1S/C9H10ClNO3/c10-7-3-4-11-8(6-7)14-5-1-2-9(12)13/h3-4,6H,1-2,5H2,(H,12,13). The van der Waals surface area contributed by atoms with E-state index in [1.54, 1.807) is 12.1 Å². The van der Waals surface area contributed by atoms with E-state index in [2.05, 4.69) is 4.98 Å². The highest BCUT2D eigenvalue weighted by Gasteiger charge is 1.99. The first-order valence-corrected chi connectivity index (χ1v) is 4.52. The maximum atomic E-state index is 10.2. The first-order valence-electron chi connectivity index (χ1n) is 4.14. The maximum absolute atomic E-state index is 10.2. The summed E-state index contributed by atoms with van der Waals surface area (Å²) in [6.07, 6.45) is 2.10. The summed E-state index contributed by atoms with van der Waals surface area (Å²) < 4.78 is 5.18. The summed E-state index contributed by atoms with van der Waals surface area (Å²) in [5, 5.41) is 8.91. The van der Waals surface area contributed by atoms with E-state index in [9.17, 15) is 4.79 Å². The number of hydrogen-bond acceptors (Lipinski definition) is 3. The molecule has 0 aliphatic rings. The molecule has 0 aliphatic heterocycles. The summed E-state index contributed by atoms with van der Waals surface area (Å²) >= 11 is 5.69. The lowest BCUT2D eigenvalue weighted by Crippen LogP contribution is -2.02. The molecule has 0 saturated carbocycles. The number of carbonyl (C=O) groups is 1. The zero-order valence-electron chi connectivity index (χ0n) is 7.44.